The number of amides is 1. The van der Waals surface area contributed by atoms with Crippen molar-refractivity contribution >= 4 is 16.3 Å². The summed E-state index contributed by atoms with van der Waals surface area (Å²) in [6.45, 7) is 6.12. The van der Waals surface area contributed by atoms with Crippen LogP contribution in [0.4, 0.5) is 4.79 Å². The van der Waals surface area contributed by atoms with Gasteiger partial charge in [-0.2, -0.15) is 0 Å². The quantitative estimate of drug-likeness (QED) is 0.769. The van der Waals surface area contributed by atoms with E-state index < -0.39 is 5.60 Å². The number of hydrogen-bond donors (Lipinski definition) is 0. The summed E-state index contributed by atoms with van der Waals surface area (Å²) in [5.41, 5.74) is 0.615. The largest absolute Gasteiger partial charge is 0.444 e. The lowest BCUT2D eigenvalue weighted by molar-refractivity contribution is 0.0270. The Labute approximate surface area is 106 Å². The highest BCUT2D eigenvalue weighted by Gasteiger charge is 2.20. The van der Waals surface area contributed by atoms with E-state index >= 15 is 0 Å². The molecule has 0 aliphatic carbocycles. The van der Waals surface area contributed by atoms with Gasteiger partial charge in [0.2, 0.25) is 0 Å². The molecule has 0 aromatic heterocycles. The Hall–Kier alpha value is -1.29. The van der Waals surface area contributed by atoms with Gasteiger partial charge in [0, 0.05) is 12.7 Å². The summed E-state index contributed by atoms with van der Waals surface area (Å²) < 4.78 is 5.32. The van der Waals surface area contributed by atoms with Crippen LogP contribution < -0.4 is 0 Å². The molecule has 1 aromatic carbocycles. The molecule has 0 bridgehead atoms. The number of rotatable bonds is 3. The standard InChI is InChI=1S/C13H18NO2Si/c1-13(2,3)16-12(15)14(10-17)9-11-7-5-4-6-8-11/h4-8H,9-10H2,1-3H3. The van der Waals surface area contributed by atoms with Crippen LogP contribution in [0.2, 0.25) is 0 Å². The van der Waals surface area contributed by atoms with E-state index in [-0.39, 0.29) is 6.09 Å². The number of ether oxygens (including phenoxy) is 1. The number of carbonyl (C=O) groups excluding carboxylic acids is 1. The van der Waals surface area contributed by atoms with Gasteiger partial charge in [-0.3, -0.25) is 0 Å². The molecule has 0 aliphatic rings. The van der Waals surface area contributed by atoms with Crippen LogP contribution >= 0.6 is 0 Å². The molecule has 0 atom stereocenters. The number of carbonyl (C=O) groups is 1. The minimum absolute atomic E-state index is 0.309. The molecule has 91 valence electrons. The number of hydrogen-bond acceptors (Lipinski definition) is 2. The van der Waals surface area contributed by atoms with E-state index in [0.29, 0.717) is 12.7 Å². The fourth-order valence-corrected chi connectivity index (χ4v) is 1.56. The van der Waals surface area contributed by atoms with E-state index in [1.54, 1.807) is 4.90 Å². The molecule has 17 heavy (non-hydrogen) atoms. The summed E-state index contributed by atoms with van der Waals surface area (Å²) >= 11 is 0. The van der Waals surface area contributed by atoms with Crippen LogP contribution in [0.3, 0.4) is 0 Å². The summed E-state index contributed by atoms with van der Waals surface area (Å²) in [6.07, 6.45) is 0.139. The zero-order chi connectivity index (χ0) is 12.9. The van der Waals surface area contributed by atoms with Crippen LogP contribution in [0.1, 0.15) is 26.3 Å². The summed E-state index contributed by atoms with van der Waals surface area (Å²) in [5.74, 6) is 0. The monoisotopic (exact) mass is 248 g/mol. The first kappa shape index (κ1) is 13.8. The third kappa shape index (κ3) is 5.04. The van der Waals surface area contributed by atoms with Crippen LogP contribution in [0.15, 0.2) is 30.3 Å². The predicted molar refractivity (Wildman–Crippen MR) is 68.8 cm³/mol. The van der Waals surface area contributed by atoms with Crippen LogP contribution in [0.25, 0.3) is 0 Å². The van der Waals surface area contributed by atoms with Gasteiger partial charge in [-0.25, -0.2) is 4.79 Å². The molecule has 1 aromatic rings. The molecule has 1 amide bonds. The highest BCUT2D eigenvalue weighted by molar-refractivity contribution is 6.09. The average molecular weight is 248 g/mol. The average Bonchev–Trinajstić information content (AvgIpc) is 2.24. The lowest BCUT2D eigenvalue weighted by Gasteiger charge is -2.26. The summed E-state index contributed by atoms with van der Waals surface area (Å²) in [4.78, 5) is 13.5. The minimum atomic E-state index is -0.465. The molecule has 0 unspecified atom stereocenters. The lowest BCUT2D eigenvalue weighted by atomic mass is 10.2. The van der Waals surface area contributed by atoms with Crippen molar-refractivity contribution in [2.45, 2.75) is 32.9 Å². The van der Waals surface area contributed by atoms with Crippen molar-refractivity contribution in [3.63, 3.8) is 0 Å². The van der Waals surface area contributed by atoms with E-state index in [4.69, 9.17) is 4.74 Å². The Morgan fingerprint density at radius 2 is 1.88 bits per heavy atom. The Kier molecular flexibility index (Phi) is 4.75. The lowest BCUT2D eigenvalue weighted by Crippen LogP contribution is -2.37. The van der Waals surface area contributed by atoms with Crippen LogP contribution in [-0.2, 0) is 11.3 Å². The molecule has 0 fully saturated rings. The second-order valence-electron chi connectivity index (χ2n) is 4.82. The summed E-state index contributed by atoms with van der Waals surface area (Å²) in [5, 5.41) is 0. The minimum Gasteiger partial charge on any atom is -0.444 e. The molecule has 0 saturated carbocycles. The van der Waals surface area contributed by atoms with Gasteiger partial charge < -0.3 is 9.64 Å². The third-order valence-corrected chi connectivity index (χ3v) is 2.44. The van der Waals surface area contributed by atoms with Gasteiger partial charge in [-0.05, 0) is 26.3 Å². The van der Waals surface area contributed by atoms with Crippen molar-refractivity contribution in [1.82, 2.24) is 4.90 Å². The molecule has 3 radical (unpaired) electrons. The molecule has 0 heterocycles. The Morgan fingerprint density at radius 1 is 1.29 bits per heavy atom. The van der Waals surface area contributed by atoms with Gasteiger partial charge in [0.25, 0.3) is 0 Å². The first-order chi connectivity index (χ1) is 7.92. The smallest absolute Gasteiger partial charge is 0.410 e. The van der Waals surface area contributed by atoms with Crippen LogP contribution in [-0.4, -0.2) is 33.0 Å². The Morgan fingerprint density at radius 3 is 2.35 bits per heavy atom. The zero-order valence-electron chi connectivity index (χ0n) is 10.6. The van der Waals surface area contributed by atoms with Crippen molar-refractivity contribution in [3.8, 4) is 0 Å². The van der Waals surface area contributed by atoms with E-state index in [0.717, 1.165) is 5.56 Å². The van der Waals surface area contributed by atoms with E-state index in [9.17, 15) is 4.79 Å². The second-order valence-corrected chi connectivity index (χ2v) is 5.14. The molecular formula is C13H18NO2Si. The van der Waals surface area contributed by atoms with Crippen LogP contribution in [0.5, 0.6) is 0 Å². The first-order valence-electron chi connectivity index (χ1n) is 5.59. The molecule has 0 saturated heterocycles. The fourth-order valence-electron chi connectivity index (χ4n) is 1.32. The van der Waals surface area contributed by atoms with E-state index in [2.05, 4.69) is 10.2 Å². The maximum absolute atomic E-state index is 11.9. The number of benzene rings is 1. The van der Waals surface area contributed by atoms with Gasteiger partial charge in [0.05, 0.1) is 10.2 Å². The molecule has 4 heteroatoms. The van der Waals surface area contributed by atoms with E-state index in [1.807, 2.05) is 51.1 Å². The van der Waals surface area contributed by atoms with Crippen molar-refractivity contribution in [2.24, 2.45) is 0 Å². The third-order valence-electron chi connectivity index (χ3n) is 2.06. The van der Waals surface area contributed by atoms with Crippen LogP contribution in [0, 0.1) is 0 Å². The highest BCUT2D eigenvalue weighted by atomic mass is 28.1. The van der Waals surface area contributed by atoms with Gasteiger partial charge in [0.1, 0.15) is 5.60 Å². The molecule has 3 nitrogen and oxygen atoms in total. The van der Waals surface area contributed by atoms with Gasteiger partial charge in [-0.1, -0.05) is 30.3 Å². The zero-order valence-corrected chi connectivity index (χ0v) is 11.6. The van der Waals surface area contributed by atoms with Gasteiger partial charge in [-0.15, -0.1) is 0 Å². The molecule has 1 rings (SSSR count). The summed E-state index contributed by atoms with van der Waals surface area (Å²) in [6, 6.07) is 9.83. The Balaban J connectivity index is 2.63. The van der Waals surface area contributed by atoms with Gasteiger partial charge >= 0.3 is 6.09 Å². The molecule has 0 aliphatic heterocycles. The van der Waals surface area contributed by atoms with Crippen molar-refractivity contribution in [1.29, 1.82) is 0 Å². The maximum atomic E-state index is 11.9. The normalized spacial score (nSPS) is 11.1. The molecule has 0 N–H and O–H groups in total. The predicted octanol–water partition coefficient (Wildman–Crippen LogP) is 2.55. The molecule has 0 spiro atoms. The number of nitrogens with zero attached hydrogens (tertiary/aromatic N) is 1. The van der Waals surface area contributed by atoms with E-state index in [1.165, 1.54) is 0 Å². The van der Waals surface area contributed by atoms with Gasteiger partial charge in [0.15, 0.2) is 0 Å². The van der Waals surface area contributed by atoms with Crippen molar-refractivity contribution in [2.75, 3.05) is 6.17 Å². The highest BCUT2D eigenvalue weighted by Crippen LogP contribution is 2.11. The SMILES string of the molecule is CC(C)(C)OC(=O)N(C[Si])Cc1ccccc1. The van der Waals surface area contributed by atoms with Crippen molar-refractivity contribution < 1.29 is 9.53 Å². The Bertz CT molecular complexity index is 359. The summed E-state index contributed by atoms with van der Waals surface area (Å²) in [7, 11) is 3.36. The fraction of sp³-hybridized carbons (Fsp3) is 0.462. The topological polar surface area (TPSA) is 29.5 Å². The molecular weight excluding hydrogens is 230 g/mol. The second kappa shape index (κ2) is 5.86. The van der Waals surface area contributed by atoms with Crippen molar-refractivity contribution in [3.05, 3.63) is 35.9 Å². The first-order valence-corrected chi connectivity index (χ1v) is 6.29. The maximum Gasteiger partial charge on any atom is 0.410 e.